The van der Waals surface area contributed by atoms with Crippen LogP contribution in [0.5, 0.6) is 0 Å². The van der Waals surface area contributed by atoms with Crippen LogP contribution in [0.1, 0.15) is 41.4 Å². The molecule has 0 amide bonds. The lowest BCUT2D eigenvalue weighted by atomic mass is 9.91. The molecule has 3 rings (SSSR count). The highest BCUT2D eigenvalue weighted by Gasteiger charge is 2.17. The molecule has 0 saturated carbocycles. The molecule has 3 heteroatoms. The Labute approximate surface area is 113 Å². The van der Waals surface area contributed by atoms with Crippen molar-refractivity contribution < 1.29 is 0 Å². The van der Waals surface area contributed by atoms with Crippen molar-refractivity contribution in [3.05, 3.63) is 59.2 Å². The van der Waals surface area contributed by atoms with Gasteiger partial charge in [-0.3, -0.25) is 0 Å². The van der Waals surface area contributed by atoms with Crippen molar-refractivity contribution in [2.45, 2.75) is 38.1 Å². The van der Waals surface area contributed by atoms with Gasteiger partial charge in [0.25, 0.3) is 0 Å². The lowest BCUT2D eigenvalue weighted by Crippen LogP contribution is -2.18. The van der Waals surface area contributed by atoms with E-state index in [1.54, 1.807) is 6.33 Å². The van der Waals surface area contributed by atoms with E-state index in [0.717, 1.165) is 25.0 Å². The number of nitrogens with zero attached hydrogens (tertiary/aromatic N) is 2. The fraction of sp³-hybridized carbons (Fsp3) is 0.375. The van der Waals surface area contributed by atoms with Crippen LogP contribution in [0.4, 0.5) is 0 Å². The molecule has 0 saturated heterocycles. The minimum Gasteiger partial charge on any atom is -0.324 e. The van der Waals surface area contributed by atoms with Gasteiger partial charge in [0.15, 0.2) is 0 Å². The third kappa shape index (κ3) is 2.66. The summed E-state index contributed by atoms with van der Waals surface area (Å²) in [4.78, 5) is 8.87. The number of aromatic nitrogens is 2. The lowest BCUT2D eigenvalue weighted by Gasteiger charge is -2.19. The van der Waals surface area contributed by atoms with Gasteiger partial charge < -0.3 is 5.73 Å². The van der Waals surface area contributed by atoms with Gasteiger partial charge in [0.05, 0.1) is 0 Å². The minimum atomic E-state index is 0.0159. The van der Waals surface area contributed by atoms with Crippen molar-refractivity contribution in [3.8, 4) is 0 Å². The van der Waals surface area contributed by atoms with Crippen LogP contribution < -0.4 is 5.73 Å². The Hall–Kier alpha value is -1.74. The topological polar surface area (TPSA) is 51.8 Å². The summed E-state index contributed by atoms with van der Waals surface area (Å²) in [5.41, 5.74) is 11.2. The van der Waals surface area contributed by atoms with Gasteiger partial charge in [-0.2, -0.15) is 0 Å². The monoisotopic (exact) mass is 253 g/mol. The lowest BCUT2D eigenvalue weighted by molar-refractivity contribution is 0.631. The number of nitrogens with two attached hydrogens (primary N) is 1. The Balaban J connectivity index is 1.84. The number of rotatable bonds is 3. The van der Waals surface area contributed by atoms with Crippen LogP contribution in [0, 0.1) is 0 Å². The average molecular weight is 253 g/mol. The van der Waals surface area contributed by atoms with Gasteiger partial charge in [-0.05, 0) is 36.8 Å². The predicted octanol–water partition coefficient (Wildman–Crippen LogP) is 2.60. The normalized spacial score (nSPS) is 15.8. The Morgan fingerprint density at radius 2 is 1.84 bits per heavy atom. The second-order valence-corrected chi connectivity index (χ2v) is 5.17. The molecule has 3 nitrogen and oxygen atoms in total. The van der Waals surface area contributed by atoms with Gasteiger partial charge in [-0.25, -0.2) is 9.97 Å². The summed E-state index contributed by atoms with van der Waals surface area (Å²) in [6.07, 6.45) is 7.17. The fourth-order valence-corrected chi connectivity index (χ4v) is 2.79. The molecule has 1 aromatic carbocycles. The quantitative estimate of drug-likeness (QED) is 0.914. The Bertz CT molecular complexity index is 551. The second-order valence-electron chi connectivity index (χ2n) is 5.17. The maximum Gasteiger partial charge on any atom is 0.115 e. The summed E-state index contributed by atoms with van der Waals surface area (Å²) in [5.74, 6) is 0. The van der Waals surface area contributed by atoms with Gasteiger partial charge >= 0.3 is 0 Å². The predicted molar refractivity (Wildman–Crippen MR) is 75.7 cm³/mol. The van der Waals surface area contributed by atoms with Crippen molar-refractivity contribution in [1.29, 1.82) is 0 Å². The average Bonchev–Trinajstić information content (AvgIpc) is 2.48. The summed E-state index contributed by atoms with van der Waals surface area (Å²) in [7, 11) is 0. The van der Waals surface area contributed by atoms with Crippen LogP contribution in [0.15, 0.2) is 36.7 Å². The number of hydrogen-bond acceptors (Lipinski definition) is 3. The number of hydrogen-bond donors (Lipinski definition) is 1. The molecule has 0 aliphatic heterocycles. The first-order valence-electron chi connectivity index (χ1n) is 6.97. The highest BCUT2D eigenvalue weighted by Crippen LogP contribution is 2.24. The van der Waals surface area contributed by atoms with Crippen LogP contribution in [-0.4, -0.2) is 9.97 Å². The SMILES string of the molecule is NC(Cc1ncnc2c1CCCC2)c1ccccc1. The van der Waals surface area contributed by atoms with Crippen LogP contribution >= 0.6 is 0 Å². The van der Waals surface area contributed by atoms with E-state index < -0.39 is 0 Å². The molecule has 1 heterocycles. The fourth-order valence-electron chi connectivity index (χ4n) is 2.79. The highest BCUT2D eigenvalue weighted by molar-refractivity contribution is 5.29. The van der Waals surface area contributed by atoms with Crippen molar-refractivity contribution in [2.24, 2.45) is 5.73 Å². The Morgan fingerprint density at radius 3 is 2.68 bits per heavy atom. The molecule has 1 atom stereocenters. The van der Waals surface area contributed by atoms with Crippen molar-refractivity contribution >= 4 is 0 Å². The molecule has 1 aliphatic rings. The summed E-state index contributed by atoms with van der Waals surface area (Å²) in [6, 6.07) is 10.3. The molecule has 0 radical (unpaired) electrons. The Morgan fingerprint density at radius 1 is 1.05 bits per heavy atom. The highest BCUT2D eigenvalue weighted by atomic mass is 14.9. The molecule has 19 heavy (non-hydrogen) atoms. The number of benzene rings is 1. The standard InChI is InChI=1S/C16H19N3/c17-14(12-6-2-1-3-7-12)10-16-13-8-4-5-9-15(13)18-11-19-16/h1-3,6-7,11,14H,4-5,8-10,17H2. The molecule has 98 valence electrons. The van der Waals surface area contributed by atoms with Crippen molar-refractivity contribution in [2.75, 3.05) is 0 Å². The number of aryl methyl sites for hydroxylation is 1. The van der Waals surface area contributed by atoms with E-state index in [0.29, 0.717) is 0 Å². The van der Waals surface area contributed by atoms with E-state index in [1.807, 2.05) is 18.2 Å². The molecular formula is C16H19N3. The zero-order chi connectivity index (χ0) is 13.1. The minimum absolute atomic E-state index is 0.0159. The maximum absolute atomic E-state index is 6.30. The largest absolute Gasteiger partial charge is 0.324 e. The molecular weight excluding hydrogens is 234 g/mol. The first kappa shape index (κ1) is 12.3. The Kier molecular flexibility index (Phi) is 3.56. The summed E-state index contributed by atoms with van der Waals surface area (Å²) in [5, 5.41) is 0. The zero-order valence-electron chi connectivity index (χ0n) is 11.0. The van der Waals surface area contributed by atoms with Gasteiger partial charge in [-0.15, -0.1) is 0 Å². The molecule has 0 bridgehead atoms. The zero-order valence-corrected chi connectivity index (χ0v) is 11.0. The summed E-state index contributed by atoms with van der Waals surface area (Å²) >= 11 is 0. The molecule has 1 aromatic heterocycles. The molecule has 0 spiro atoms. The molecule has 2 aromatic rings. The molecule has 0 fully saturated rings. The van der Waals surface area contributed by atoms with Crippen molar-refractivity contribution in [1.82, 2.24) is 9.97 Å². The first-order valence-corrected chi connectivity index (χ1v) is 6.97. The van der Waals surface area contributed by atoms with Gasteiger partial charge in [0.2, 0.25) is 0 Å². The van der Waals surface area contributed by atoms with E-state index in [-0.39, 0.29) is 6.04 Å². The van der Waals surface area contributed by atoms with E-state index in [1.165, 1.54) is 29.7 Å². The third-order valence-corrected chi connectivity index (χ3v) is 3.86. The molecule has 2 N–H and O–H groups in total. The smallest absolute Gasteiger partial charge is 0.115 e. The molecule has 1 aliphatic carbocycles. The van der Waals surface area contributed by atoms with Crippen LogP contribution in [0.3, 0.4) is 0 Å². The third-order valence-electron chi connectivity index (χ3n) is 3.86. The van der Waals surface area contributed by atoms with Crippen LogP contribution in [0.2, 0.25) is 0 Å². The van der Waals surface area contributed by atoms with Crippen molar-refractivity contribution in [3.63, 3.8) is 0 Å². The van der Waals surface area contributed by atoms with Crippen LogP contribution in [-0.2, 0) is 19.3 Å². The second kappa shape index (κ2) is 5.49. The summed E-state index contributed by atoms with van der Waals surface area (Å²) in [6.45, 7) is 0. The van der Waals surface area contributed by atoms with Gasteiger partial charge in [-0.1, -0.05) is 30.3 Å². The van der Waals surface area contributed by atoms with E-state index in [4.69, 9.17) is 5.73 Å². The van der Waals surface area contributed by atoms with Gasteiger partial charge in [0, 0.05) is 23.9 Å². The van der Waals surface area contributed by atoms with E-state index in [9.17, 15) is 0 Å². The van der Waals surface area contributed by atoms with Crippen LogP contribution in [0.25, 0.3) is 0 Å². The summed E-state index contributed by atoms with van der Waals surface area (Å²) < 4.78 is 0. The van der Waals surface area contributed by atoms with E-state index in [2.05, 4.69) is 22.1 Å². The van der Waals surface area contributed by atoms with Gasteiger partial charge in [0.1, 0.15) is 6.33 Å². The first-order chi connectivity index (χ1) is 9.34. The maximum atomic E-state index is 6.30. The number of fused-ring (bicyclic) bond motifs is 1. The van der Waals surface area contributed by atoms with E-state index >= 15 is 0 Å². The molecule has 1 unspecified atom stereocenters.